The molecule has 6 heteroatoms. The molecule has 1 aliphatic rings. The minimum Gasteiger partial charge on any atom is -0.323 e. The number of benzene rings is 1. The van der Waals surface area contributed by atoms with Crippen molar-refractivity contribution in [3.05, 3.63) is 28.0 Å². The molecule has 3 nitrogen and oxygen atoms in total. The molecule has 1 fully saturated rings. The maximum absolute atomic E-state index is 13.0. The second kappa shape index (κ2) is 5.87. The van der Waals surface area contributed by atoms with Crippen LogP contribution in [-0.2, 0) is 4.79 Å². The van der Waals surface area contributed by atoms with Crippen LogP contribution in [0.5, 0.6) is 0 Å². The summed E-state index contributed by atoms with van der Waals surface area (Å²) >= 11 is 11.7. The number of nitrogens with one attached hydrogen (secondary N) is 2. The lowest BCUT2D eigenvalue weighted by Gasteiger charge is -2.22. The van der Waals surface area contributed by atoms with E-state index in [1.807, 2.05) is 0 Å². The molecule has 1 aromatic rings. The summed E-state index contributed by atoms with van der Waals surface area (Å²) in [5.41, 5.74) is 0.281. The zero-order chi connectivity index (χ0) is 13.1. The van der Waals surface area contributed by atoms with Crippen molar-refractivity contribution < 1.29 is 9.18 Å². The molecule has 98 valence electrons. The topological polar surface area (TPSA) is 41.1 Å². The fourth-order valence-corrected chi connectivity index (χ4v) is 2.53. The lowest BCUT2D eigenvalue weighted by Crippen LogP contribution is -2.34. The molecule has 0 spiro atoms. The van der Waals surface area contributed by atoms with Gasteiger partial charge in [-0.2, -0.15) is 0 Å². The van der Waals surface area contributed by atoms with E-state index in [4.69, 9.17) is 23.2 Å². The maximum atomic E-state index is 13.0. The Kier molecular flexibility index (Phi) is 4.43. The van der Waals surface area contributed by atoms with E-state index < -0.39 is 5.82 Å². The number of piperidine rings is 1. The Bertz CT molecular complexity index is 438. The fraction of sp³-hybridized carbons (Fsp3) is 0.417. The summed E-state index contributed by atoms with van der Waals surface area (Å²) in [6.07, 6.45) is 1.56. The van der Waals surface area contributed by atoms with Gasteiger partial charge in [0, 0.05) is 5.92 Å². The summed E-state index contributed by atoms with van der Waals surface area (Å²) in [6.45, 7) is 1.64. The lowest BCUT2D eigenvalue weighted by molar-refractivity contribution is -0.120. The van der Waals surface area contributed by atoms with Gasteiger partial charge in [-0.05, 0) is 38.1 Å². The van der Waals surface area contributed by atoms with Gasteiger partial charge in [-0.25, -0.2) is 4.39 Å². The van der Waals surface area contributed by atoms with Crippen molar-refractivity contribution in [2.24, 2.45) is 5.92 Å². The largest absolute Gasteiger partial charge is 0.323 e. The first kappa shape index (κ1) is 13.6. The summed E-state index contributed by atoms with van der Waals surface area (Å²) in [7, 11) is 0. The highest BCUT2D eigenvalue weighted by Gasteiger charge is 2.22. The molecule has 2 rings (SSSR count). The molecule has 1 heterocycles. The average Bonchev–Trinajstić information content (AvgIpc) is 2.34. The van der Waals surface area contributed by atoms with Gasteiger partial charge in [-0.15, -0.1) is 0 Å². The fourth-order valence-electron chi connectivity index (χ4n) is 1.97. The molecule has 0 saturated carbocycles. The Labute approximate surface area is 115 Å². The van der Waals surface area contributed by atoms with Crippen molar-refractivity contribution in [1.29, 1.82) is 0 Å². The van der Waals surface area contributed by atoms with Crippen molar-refractivity contribution in [2.75, 3.05) is 18.4 Å². The van der Waals surface area contributed by atoms with Gasteiger partial charge in [0.1, 0.15) is 5.82 Å². The first-order chi connectivity index (χ1) is 8.58. The third kappa shape index (κ3) is 3.13. The molecule has 18 heavy (non-hydrogen) atoms. The van der Waals surface area contributed by atoms with Gasteiger partial charge in [-0.1, -0.05) is 23.2 Å². The molecule has 0 aliphatic carbocycles. The second-order valence-corrected chi connectivity index (χ2v) is 5.07. The van der Waals surface area contributed by atoms with Crippen LogP contribution in [0.2, 0.25) is 10.0 Å². The van der Waals surface area contributed by atoms with Crippen LogP contribution in [0.1, 0.15) is 12.8 Å². The summed E-state index contributed by atoms with van der Waals surface area (Å²) in [5, 5.41) is 6.09. The van der Waals surface area contributed by atoms with E-state index in [0.29, 0.717) is 0 Å². The minimum atomic E-state index is -0.523. The van der Waals surface area contributed by atoms with E-state index >= 15 is 0 Å². The van der Waals surface area contributed by atoms with Gasteiger partial charge in [-0.3, -0.25) is 4.79 Å². The molecule has 1 amide bonds. The monoisotopic (exact) mass is 290 g/mol. The number of hydrogen-bond acceptors (Lipinski definition) is 2. The molecule has 0 atom stereocenters. The van der Waals surface area contributed by atoms with Crippen LogP contribution in [0.4, 0.5) is 10.1 Å². The van der Waals surface area contributed by atoms with Gasteiger partial charge in [0.15, 0.2) is 0 Å². The standard InChI is InChI=1S/C12H13Cl2FN2O/c13-9-5-8(15)6-10(14)11(9)17-12(18)7-1-3-16-4-2-7/h5-7,16H,1-4H2,(H,17,18). The number of anilines is 1. The first-order valence-corrected chi connectivity index (χ1v) is 6.49. The normalized spacial score (nSPS) is 16.6. The van der Waals surface area contributed by atoms with E-state index in [9.17, 15) is 9.18 Å². The minimum absolute atomic E-state index is 0.0524. The maximum Gasteiger partial charge on any atom is 0.227 e. The van der Waals surface area contributed by atoms with E-state index in [0.717, 1.165) is 38.1 Å². The van der Waals surface area contributed by atoms with Gasteiger partial charge >= 0.3 is 0 Å². The molecular formula is C12H13Cl2FN2O. The molecule has 0 radical (unpaired) electrons. The van der Waals surface area contributed by atoms with Crippen LogP contribution < -0.4 is 10.6 Å². The summed E-state index contributed by atoms with van der Waals surface area (Å²) in [6, 6.07) is 2.26. The molecule has 1 aliphatic heterocycles. The Morgan fingerprint density at radius 2 is 1.83 bits per heavy atom. The quantitative estimate of drug-likeness (QED) is 0.879. The number of carbonyl (C=O) groups excluding carboxylic acids is 1. The average molecular weight is 291 g/mol. The zero-order valence-corrected chi connectivity index (χ0v) is 11.1. The predicted molar refractivity (Wildman–Crippen MR) is 70.6 cm³/mol. The Morgan fingerprint density at radius 3 is 2.39 bits per heavy atom. The van der Waals surface area contributed by atoms with Crippen LogP contribution in [0.3, 0.4) is 0 Å². The number of carbonyl (C=O) groups is 1. The van der Waals surface area contributed by atoms with Gasteiger partial charge < -0.3 is 10.6 Å². The van der Waals surface area contributed by atoms with Crippen LogP contribution in [0, 0.1) is 11.7 Å². The summed E-state index contributed by atoms with van der Waals surface area (Å²) in [4.78, 5) is 12.0. The van der Waals surface area contributed by atoms with E-state index in [-0.39, 0.29) is 27.6 Å². The predicted octanol–water partition coefficient (Wildman–Crippen LogP) is 3.07. The van der Waals surface area contributed by atoms with Crippen molar-refractivity contribution in [1.82, 2.24) is 5.32 Å². The number of amides is 1. The van der Waals surface area contributed by atoms with E-state index in [2.05, 4.69) is 10.6 Å². The third-order valence-corrected chi connectivity index (χ3v) is 3.56. The van der Waals surface area contributed by atoms with Gasteiger partial charge in [0.25, 0.3) is 0 Å². The Balaban J connectivity index is 2.11. The number of rotatable bonds is 2. The first-order valence-electron chi connectivity index (χ1n) is 5.74. The second-order valence-electron chi connectivity index (χ2n) is 4.26. The Morgan fingerprint density at radius 1 is 1.28 bits per heavy atom. The highest BCUT2D eigenvalue weighted by Crippen LogP contribution is 2.32. The molecule has 1 saturated heterocycles. The molecule has 0 unspecified atom stereocenters. The van der Waals surface area contributed by atoms with Crippen LogP contribution in [-0.4, -0.2) is 19.0 Å². The summed E-state index contributed by atoms with van der Waals surface area (Å²) < 4.78 is 13.0. The molecule has 0 bridgehead atoms. The van der Waals surface area contributed by atoms with Crippen molar-refractivity contribution >= 4 is 34.8 Å². The molecule has 1 aromatic carbocycles. The highest BCUT2D eigenvalue weighted by atomic mass is 35.5. The molecule has 0 aromatic heterocycles. The molecule has 2 N–H and O–H groups in total. The highest BCUT2D eigenvalue weighted by molar-refractivity contribution is 6.39. The van der Waals surface area contributed by atoms with E-state index in [1.165, 1.54) is 0 Å². The van der Waals surface area contributed by atoms with Gasteiger partial charge in [0.2, 0.25) is 5.91 Å². The van der Waals surface area contributed by atoms with Crippen LogP contribution >= 0.6 is 23.2 Å². The Hall–Kier alpha value is -0.840. The molecular weight excluding hydrogens is 278 g/mol. The smallest absolute Gasteiger partial charge is 0.227 e. The third-order valence-electron chi connectivity index (χ3n) is 2.97. The summed E-state index contributed by atoms with van der Waals surface area (Å²) in [5.74, 6) is -0.694. The number of hydrogen-bond donors (Lipinski definition) is 2. The van der Waals surface area contributed by atoms with Crippen molar-refractivity contribution in [2.45, 2.75) is 12.8 Å². The van der Waals surface area contributed by atoms with Gasteiger partial charge in [0.05, 0.1) is 15.7 Å². The van der Waals surface area contributed by atoms with Crippen LogP contribution in [0.25, 0.3) is 0 Å². The van der Waals surface area contributed by atoms with Crippen LogP contribution in [0.15, 0.2) is 12.1 Å². The zero-order valence-electron chi connectivity index (χ0n) is 9.60. The van der Waals surface area contributed by atoms with E-state index in [1.54, 1.807) is 0 Å². The lowest BCUT2D eigenvalue weighted by atomic mass is 9.97. The SMILES string of the molecule is O=C(Nc1c(Cl)cc(F)cc1Cl)C1CCNCC1. The van der Waals surface area contributed by atoms with Crippen molar-refractivity contribution in [3.8, 4) is 0 Å². The number of halogens is 3. The van der Waals surface area contributed by atoms with Crippen molar-refractivity contribution in [3.63, 3.8) is 0 Å².